The Hall–Kier alpha value is -2.44. The molecule has 0 radical (unpaired) electrons. The predicted octanol–water partition coefficient (Wildman–Crippen LogP) is 1.50. The molecule has 5 nitrogen and oxygen atoms in total. The van der Waals surface area contributed by atoms with Gasteiger partial charge in [0.05, 0.1) is 11.9 Å². The number of carbonyl (C=O) groups is 1. The molecule has 0 aliphatic rings. The van der Waals surface area contributed by atoms with Crippen molar-refractivity contribution in [3.8, 4) is 11.1 Å². The fourth-order valence-corrected chi connectivity index (χ4v) is 1.65. The molecule has 0 spiro atoms. The van der Waals surface area contributed by atoms with E-state index in [1.54, 1.807) is 14.1 Å². The van der Waals surface area contributed by atoms with Crippen LogP contribution in [0.3, 0.4) is 0 Å². The Morgan fingerprint density at radius 3 is 2.70 bits per heavy atom. The van der Waals surface area contributed by atoms with Crippen molar-refractivity contribution in [3.63, 3.8) is 0 Å². The Balaban J connectivity index is 2.29. The van der Waals surface area contributed by atoms with Crippen LogP contribution in [-0.2, 0) is 11.3 Å². The van der Waals surface area contributed by atoms with Crippen molar-refractivity contribution in [3.05, 3.63) is 36.2 Å². The van der Waals surface area contributed by atoms with Crippen LogP contribution < -0.4 is 5.73 Å². The van der Waals surface area contributed by atoms with Gasteiger partial charge in [-0.25, -0.2) is 8.78 Å². The van der Waals surface area contributed by atoms with E-state index >= 15 is 0 Å². The summed E-state index contributed by atoms with van der Waals surface area (Å²) in [6.45, 7) is 0.0338. The van der Waals surface area contributed by atoms with Crippen LogP contribution in [0.25, 0.3) is 11.1 Å². The summed E-state index contributed by atoms with van der Waals surface area (Å²) in [5.74, 6) is -1.48. The molecule has 0 aliphatic heterocycles. The average Bonchev–Trinajstić information content (AvgIpc) is 2.82. The van der Waals surface area contributed by atoms with Gasteiger partial charge < -0.3 is 10.6 Å². The molecule has 1 amide bonds. The highest BCUT2D eigenvalue weighted by Crippen LogP contribution is 2.26. The fraction of sp³-hybridized carbons (Fsp3) is 0.231. The van der Waals surface area contributed by atoms with Gasteiger partial charge in [-0.2, -0.15) is 5.10 Å². The van der Waals surface area contributed by atoms with Crippen LogP contribution in [0, 0.1) is 11.6 Å². The number of nitrogen functional groups attached to an aromatic ring is 1. The first-order chi connectivity index (χ1) is 9.38. The third kappa shape index (κ3) is 2.76. The molecule has 0 aliphatic carbocycles. The zero-order chi connectivity index (χ0) is 14.9. The third-order valence-electron chi connectivity index (χ3n) is 2.83. The predicted molar refractivity (Wildman–Crippen MR) is 70.7 cm³/mol. The number of nitrogens with zero attached hydrogens (tertiary/aromatic N) is 3. The van der Waals surface area contributed by atoms with Crippen LogP contribution in [0.4, 0.5) is 14.5 Å². The molecule has 0 fully saturated rings. The highest BCUT2D eigenvalue weighted by molar-refractivity contribution is 5.75. The first-order valence-corrected chi connectivity index (χ1v) is 5.86. The van der Waals surface area contributed by atoms with Gasteiger partial charge in [-0.05, 0) is 6.07 Å². The van der Waals surface area contributed by atoms with Gasteiger partial charge in [-0.1, -0.05) is 0 Å². The smallest absolute Gasteiger partial charge is 0.243 e. The maximum atomic E-state index is 13.8. The maximum absolute atomic E-state index is 13.8. The SMILES string of the molecule is CN(C)C(=O)Cn1cc(-c2cc(F)c(N)cc2F)cn1. The van der Waals surface area contributed by atoms with Crippen molar-refractivity contribution < 1.29 is 13.6 Å². The van der Waals surface area contributed by atoms with E-state index in [0.717, 1.165) is 12.1 Å². The molecular formula is C13H14F2N4O. The summed E-state index contributed by atoms with van der Waals surface area (Å²) in [6, 6.07) is 1.94. The van der Waals surface area contributed by atoms with E-state index in [1.165, 1.54) is 22.0 Å². The Labute approximate surface area is 114 Å². The summed E-state index contributed by atoms with van der Waals surface area (Å²) < 4.78 is 28.5. The second-order valence-electron chi connectivity index (χ2n) is 4.57. The zero-order valence-electron chi connectivity index (χ0n) is 11.1. The van der Waals surface area contributed by atoms with E-state index in [-0.39, 0.29) is 23.7 Å². The molecule has 7 heteroatoms. The van der Waals surface area contributed by atoms with Gasteiger partial charge >= 0.3 is 0 Å². The number of carbonyl (C=O) groups excluding carboxylic acids is 1. The fourth-order valence-electron chi connectivity index (χ4n) is 1.65. The lowest BCUT2D eigenvalue weighted by molar-refractivity contribution is -0.129. The number of benzene rings is 1. The van der Waals surface area contributed by atoms with E-state index in [1.807, 2.05) is 0 Å². The van der Waals surface area contributed by atoms with E-state index in [2.05, 4.69) is 5.10 Å². The van der Waals surface area contributed by atoms with E-state index < -0.39 is 11.6 Å². The van der Waals surface area contributed by atoms with Crippen LogP contribution in [0.15, 0.2) is 24.5 Å². The molecule has 2 N–H and O–H groups in total. The normalized spacial score (nSPS) is 10.6. The molecule has 106 valence electrons. The lowest BCUT2D eigenvalue weighted by atomic mass is 10.1. The Bertz CT molecular complexity index is 652. The molecule has 20 heavy (non-hydrogen) atoms. The Morgan fingerprint density at radius 1 is 1.35 bits per heavy atom. The zero-order valence-corrected chi connectivity index (χ0v) is 11.1. The van der Waals surface area contributed by atoms with Crippen LogP contribution in [0.2, 0.25) is 0 Å². The highest BCUT2D eigenvalue weighted by atomic mass is 19.1. The molecule has 0 saturated heterocycles. The Morgan fingerprint density at radius 2 is 2.05 bits per heavy atom. The molecule has 1 aromatic carbocycles. The van der Waals surface area contributed by atoms with E-state index in [4.69, 9.17) is 5.73 Å². The number of amides is 1. The van der Waals surface area contributed by atoms with E-state index in [9.17, 15) is 13.6 Å². The van der Waals surface area contributed by atoms with Crippen LogP contribution in [0.5, 0.6) is 0 Å². The first-order valence-electron chi connectivity index (χ1n) is 5.86. The van der Waals surface area contributed by atoms with Crippen LogP contribution in [-0.4, -0.2) is 34.7 Å². The summed E-state index contributed by atoms with van der Waals surface area (Å²) in [7, 11) is 3.25. The molecule has 0 bridgehead atoms. The van der Waals surface area contributed by atoms with Gasteiger partial charge in [0.25, 0.3) is 0 Å². The molecule has 2 aromatic rings. The number of anilines is 1. The topological polar surface area (TPSA) is 64.2 Å². The average molecular weight is 280 g/mol. The van der Waals surface area contributed by atoms with E-state index in [0.29, 0.717) is 5.56 Å². The number of hydrogen-bond donors (Lipinski definition) is 1. The molecular weight excluding hydrogens is 266 g/mol. The highest BCUT2D eigenvalue weighted by Gasteiger charge is 2.13. The number of nitrogens with two attached hydrogens (primary N) is 1. The largest absolute Gasteiger partial charge is 0.396 e. The molecule has 0 atom stereocenters. The molecule has 2 rings (SSSR count). The molecule has 1 heterocycles. The first kappa shape index (κ1) is 14.0. The summed E-state index contributed by atoms with van der Waals surface area (Å²) in [5, 5.41) is 3.96. The maximum Gasteiger partial charge on any atom is 0.243 e. The van der Waals surface area contributed by atoms with Crippen molar-refractivity contribution in [1.82, 2.24) is 14.7 Å². The number of rotatable bonds is 3. The number of halogens is 2. The van der Waals surface area contributed by atoms with Crippen LogP contribution in [0.1, 0.15) is 0 Å². The van der Waals surface area contributed by atoms with Gasteiger partial charge in [-0.3, -0.25) is 9.48 Å². The minimum Gasteiger partial charge on any atom is -0.396 e. The summed E-state index contributed by atoms with van der Waals surface area (Å²) in [4.78, 5) is 13.0. The van der Waals surface area contributed by atoms with Crippen LogP contribution >= 0.6 is 0 Å². The lowest BCUT2D eigenvalue weighted by Crippen LogP contribution is -2.26. The van der Waals surface area contributed by atoms with Crippen molar-refractivity contribution in [2.45, 2.75) is 6.54 Å². The summed E-state index contributed by atoms with van der Waals surface area (Å²) in [5.41, 5.74) is 5.48. The van der Waals surface area contributed by atoms with Gasteiger partial charge in [0.1, 0.15) is 18.2 Å². The monoisotopic (exact) mass is 280 g/mol. The second-order valence-corrected chi connectivity index (χ2v) is 4.57. The quantitative estimate of drug-likeness (QED) is 0.867. The van der Waals surface area contributed by atoms with Crippen molar-refractivity contribution >= 4 is 11.6 Å². The van der Waals surface area contributed by atoms with Gasteiger partial charge in [0.15, 0.2) is 0 Å². The Kier molecular flexibility index (Phi) is 3.69. The minimum atomic E-state index is -0.696. The standard InChI is InChI=1S/C13H14F2N4O/c1-18(2)13(20)7-19-6-8(5-17-19)9-3-11(15)12(16)4-10(9)14/h3-6H,7,16H2,1-2H3. The summed E-state index contributed by atoms with van der Waals surface area (Å²) in [6.07, 6.45) is 2.85. The molecule has 0 unspecified atom stereocenters. The van der Waals surface area contributed by atoms with Crippen molar-refractivity contribution in [2.75, 3.05) is 19.8 Å². The van der Waals surface area contributed by atoms with Gasteiger partial charge in [0, 0.05) is 37.5 Å². The minimum absolute atomic E-state index is 0.0338. The van der Waals surface area contributed by atoms with Crippen molar-refractivity contribution in [2.24, 2.45) is 0 Å². The van der Waals surface area contributed by atoms with Gasteiger partial charge in [0.2, 0.25) is 5.91 Å². The van der Waals surface area contributed by atoms with Gasteiger partial charge in [-0.15, -0.1) is 0 Å². The third-order valence-corrected chi connectivity index (χ3v) is 2.83. The number of hydrogen-bond acceptors (Lipinski definition) is 3. The molecule has 0 saturated carbocycles. The number of likely N-dealkylation sites (N-methyl/N-ethyl adjacent to an activating group) is 1. The lowest BCUT2D eigenvalue weighted by Gasteiger charge is -2.09. The van der Waals surface area contributed by atoms with Crippen molar-refractivity contribution in [1.29, 1.82) is 0 Å². The number of aromatic nitrogens is 2. The molecule has 1 aromatic heterocycles. The summed E-state index contributed by atoms with van der Waals surface area (Å²) >= 11 is 0. The second kappa shape index (κ2) is 5.28.